The number of hydrogen-bond acceptors (Lipinski definition) is 1. The molecule has 0 radical (unpaired) electrons. The van der Waals surface area contributed by atoms with Crippen molar-refractivity contribution in [2.75, 3.05) is 0 Å². The molecule has 0 aromatic rings. The van der Waals surface area contributed by atoms with Crippen LogP contribution in [0.5, 0.6) is 0 Å². The van der Waals surface area contributed by atoms with Gasteiger partial charge in [-0.15, -0.1) is 0 Å². The summed E-state index contributed by atoms with van der Waals surface area (Å²) in [5.74, 6) is 0. The summed E-state index contributed by atoms with van der Waals surface area (Å²) in [4.78, 5) is 11.9. The van der Waals surface area contributed by atoms with Gasteiger partial charge in [0.1, 0.15) is 9.20 Å². The molecule has 0 aliphatic heterocycles. The molecule has 0 aromatic carbocycles. The highest BCUT2D eigenvalue weighted by molar-refractivity contribution is 6.88. The largest absolute Gasteiger partial charge is 0.466 e. The zero-order chi connectivity index (χ0) is 4.99. The number of rotatable bonds is 1. The van der Waals surface area contributed by atoms with E-state index in [1.54, 1.807) is 0 Å². The number of carboxylic acid groups (broad SMARTS) is 1. The lowest BCUT2D eigenvalue weighted by Crippen LogP contribution is -2.25. The van der Waals surface area contributed by atoms with Crippen LogP contribution in [0.1, 0.15) is 0 Å². The Hall–Kier alpha value is -0.296. The molecular formula is CH7NO2Si2. The second-order valence-corrected chi connectivity index (χ2v) is 4.02. The molecule has 5 heteroatoms. The Kier molecular flexibility index (Phi) is 2.77. The van der Waals surface area contributed by atoms with E-state index in [0.717, 1.165) is 9.76 Å². The topological polar surface area (TPSA) is 49.3 Å². The number of carbonyl (C=O) groups is 1. The Labute approximate surface area is 40.9 Å². The van der Waals surface area contributed by atoms with Gasteiger partial charge in [-0.25, -0.2) is 4.79 Å². The Morgan fingerprint density at radius 3 is 2.50 bits per heavy atom. The predicted molar refractivity (Wildman–Crippen MR) is 29.6 cm³/mol. The lowest BCUT2D eigenvalue weighted by molar-refractivity contribution is 0.201. The zero-order valence-electron chi connectivity index (χ0n) is 3.56. The van der Waals surface area contributed by atoms with Crippen LogP contribution in [0.3, 0.4) is 0 Å². The van der Waals surface area contributed by atoms with Crippen LogP contribution in [0, 0.1) is 0 Å². The van der Waals surface area contributed by atoms with E-state index >= 15 is 0 Å². The molecule has 0 spiro atoms. The molecule has 36 valence electrons. The van der Waals surface area contributed by atoms with Gasteiger partial charge in [0.15, 0.2) is 0 Å². The van der Waals surface area contributed by atoms with E-state index < -0.39 is 6.09 Å². The second kappa shape index (κ2) is 2.92. The van der Waals surface area contributed by atoms with Crippen LogP contribution in [0.4, 0.5) is 4.79 Å². The molecular weight excluding hydrogens is 114 g/mol. The van der Waals surface area contributed by atoms with E-state index in [0.29, 0.717) is 0 Å². The molecule has 0 aliphatic rings. The first-order valence-electron chi connectivity index (χ1n) is 1.74. The smallest absolute Gasteiger partial charge is 0.395 e. The molecule has 0 atom stereocenters. The summed E-state index contributed by atoms with van der Waals surface area (Å²) in [5.41, 5.74) is 0. The summed E-state index contributed by atoms with van der Waals surface area (Å²) in [6.45, 7) is 0. The number of nitrogens with one attached hydrogen (secondary N) is 1. The van der Waals surface area contributed by atoms with Crippen LogP contribution in [0.15, 0.2) is 0 Å². The Morgan fingerprint density at radius 2 is 2.50 bits per heavy atom. The minimum Gasteiger partial charge on any atom is -0.466 e. The average molecular weight is 121 g/mol. The molecule has 0 fully saturated rings. The van der Waals surface area contributed by atoms with Crippen LogP contribution in [-0.4, -0.2) is 30.2 Å². The van der Waals surface area contributed by atoms with Gasteiger partial charge < -0.3 is 10.1 Å². The summed E-state index contributed by atoms with van der Waals surface area (Å²) < 4.78 is 0. The lowest BCUT2D eigenvalue weighted by Gasteiger charge is -1.86. The standard InChI is InChI=1S/CH7NO2Si2/c3-1(4)2-6-5/h2H,6H2,5H3,(H,3,4). The van der Waals surface area contributed by atoms with Crippen molar-refractivity contribution in [3.63, 3.8) is 0 Å². The molecule has 6 heavy (non-hydrogen) atoms. The fourth-order valence-corrected chi connectivity index (χ4v) is 1.36. The van der Waals surface area contributed by atoms with Crippen molar-refractivity contribution >= 4 is 25.1 Å². The summed E-state index contributed by atoms with van der Waals surface area (Å²) in [6, 6.07) is 0. The lowest BCUT2D eigenvalue weighted by atomic mass is 11.3. The van der Waals surface area contributed by atoms with Gasteiger partial charge in [-0.05, 0) is 0 Å². The van der Waals surface area contributed by atoms with Crippen LogP contribution in [-0.2, 0) is 0 Å². The molecule has 2 N–H and O–H groups in total. The van der Waals surface area contributed by atoms with Crippen LogP contribution < -0.4 is 4.98 Å². The van der Waals surface area contributed by atoms with Gasteiger partial charge in [-0.3, -0.25) is 0 Å². The highest BCUT2D eigenvalue weighted by Gasteiger charge is 1.83. The Morgan fingerprint density at radius 1 is 2.00 bits per heavy atom. The summed E-state index contributed by atoms with van der Waals surface area (Å²) in [6.07, 6.45) is -0.864. The monoisotopic (exact) mass is 121 g/mol. The molecule has 0 rings (SSSR count). The van der Waals surface area contributed by atoms with Crippen molar-refractivity contribution in [2.45, 2.75) is 0 Å². The van der Waals surface area contributed by atoms with Gasteiger partial charge in [-0.2, -0.15) is 0 Å². The average Bonchev–Trinajstić information content (AvgIpc) is 1.35. The van der Waals surface area contributed by atoms with E-state index in [1.165, 1.54) is 0 Å². The third-order valence-electron chi connectivity index (χ3n) is 0.328. The van der Waals surface area contributed by atoms with Gasteiger partial charge in [0.05, 0.1) is 0 Å². The maximum Gasteiger partial charge on any atom is 0.395 e. The Bertz CT molecular complexity index is 55.5. The van der Waals surface area contributed by atoms with Crippen molar-refractivity contribution in [3.8, 4) is 0 Å². The quantitative estimate of drug-likeness (QED) is 0.381. The van der Waals surface area contributed by atoms with E-state index in [2.05, 4.69) is 4.98 Å². The highest BCUT2D eigenvalue weighted by atomic mass is 29.1. The maximum atomic E-state index is 9.55. The molecule has 0 saturated carbocycles. The zero-order valence-corrected chi connectivity index (χ0v) is 6.98. The van der Waals surface area contributed by atoms with Gasteiger partial charge >= 0.3 is 6.09 Å². The van der Waals surface area contributed by atoms with E-state index in [4.69, 9.17) is 5.11 Å². The van der Waals surface area contributed by atoms with Crippen molar-refractivity contribution in [2.24, 2.45) is 0 Å². The molecule has 3 nitrogen and oxygen atoms in total. The highest BCUT2D eigenvalue weighted by Crippen LogP contribution is 1.48. The van der Waals surface area contributed by atoms with Crippen LogP contribution in [0.25, 0.3) is 0 Å². The van der Waals surface area contributed by atoms with Gasteiger partial charge in [-0.1, -0.05) is 0 Å². The molecule has 0 aromatic heterocycles. The third-order valence-corrected chi connectivity index (χ3v) is 2.04. The van der Waals surface area contributed by atoms with Gasteiger partial charge in [0.2, 0.25) is 0 Å². The first kappa shape index (κ1) is 5.70. The van der Waals surface area contributed by atoms with Gasteiger partial charge in [0, 0.05) is 9.76 Å². The molecule has 0 saturated heterocycles. The minimum absolute atomic E-state index is 0.344. The maximum absolute atomic E-state index is 9.55. The van der Waals surface area contributed by atoms with E-state index in [9.17, 15) is 4.79 Å². The normalized spacial score (nSPS) is 10.0. The first-order valence-corrected chi connectivity index (χ1v) is 8.10. The van der Waals surface area contributed by atoms with E-state index in [-0.39, 0.29) is 9.20 Å². The fraction of sp³-hybridized carbons (Fsp3) is 0. The van der Waals surface area contributed by atoms with Crippen molar-refractivity contribution in [1.29, 1.82) is 0 Å². The predicted octanol–water partition coefficient (Wildman–Crippen LogP) is -2.38. The molecule has 0 unspecified atom stereocenters. The van der Waals surface area contributed by atoms with Gasteiger partial charge in [0.25, 0.3) is 0 Å². The minimum atomic E-state index is -0.864. The van der Waals surface area contributed by atoms with Crippen molar-refractivity contribution in [3.05, 3.63) is 0 Å². The van der Waals surface area contributed by atoms with Crippen LogP contribution >= 0.6 is 0 Å². The SMILES string of the molecule is O=C(O)N[SiH2][SiH3]. The first-order chi connectivity index (χ1) is 2.77. The summed E-state index contributed by atoms with van der Waals surface area (Å²) >= 11 is 0. The summed E-state index contributed by atoms with van der Waals surface area (Å²) in [7, 11) is 0.690. The number of amides is 1. The number of hydrogen-bond donors (Lipinski definition) is 2. The van der Waals surface area contributed by atoms with Crippen molar-refractivity contribution in [1.82, 2.24) is 4.98 Å². The summed E-state index contributed by atoms with van der Waals surface area (Å²) in [5, 5.41) is 7.86. The molecule has 0 aliphatic carbocycles. The fourth-order valence-electron chi connectivity index (χ4n) is 0.151. The third kappa shape index (κ3) is 3.70. The van der Waals surface area contributed by atoms with Crippen LogP contribution in [0.2, 0.25) is 0 Å². The van der Waals surface area contributed by atoms with E-state index in [1.807, 2.05) is 0 Å². The molecule has 0 bridgehead atoms. The molecule has 1 amide bonds. The Balaban J connectivity index is 2.83. The molecule has 0 heterocycles. The second-order valence-electron chi connectivity index (χ2n) is 0.835. The van der Waals surface area contributed by atoms with Crippen molar-refractivity contribution < 1.29 is 9.90 Å².